The van der Waals surface area contributed by atoms with Crippen molar-refractivity contribution in [3.05, 3.63) is 0 Å². The molecule has 0 bridgehead atoms. The summed E-state index contributed by atoms with van der Waals surface area (Å²) in [6.07, 6.45) is 4.27. The van der Waals surface area contributed by atoms with Gasteiger partial charge in [0.1, 0.15) is 0 Å². The number of ether oxygens (including phenoxy) is 2. The van der Waals surface area contributed by atoms with Crippen LogP contribution >= 0.6 is 0 Å². The first-order valence-electron chi connectivity index (χ1n) is 4.92. The lowest BCUT2D eigenvalue weighted by Crippen LogP contribution is -2.36. The normalized spacial score (nSPS) is 36.8. The Kier molecular flexibility index (Phi) is 4.02. The standard InChI is InChI=1S/C10H20O2/c1-4-12-9-6-5-8(2)7-10(9)11-3/h8-10H,4-7H2,1-3H3/t8?,9-,10-/m1/s1. The Balaban J connectivity index is 2.39. The van der Waals surface area contributed by atoms with E-state index in [0.717, 1.165) is 25.4 Å². The van der Waals surface area contributed by atoms with Gasteiger partial charge in [0.15, 0.2) is 0 Å². The molecular weight excluding hydrogens is 152 g/mol. The fourth-order valence-corrected chi connectivity index (χ4v) is 1.95. The highest BCUT2D eigenvalue weighted by molar-refractivity contribution is 4.79. The zero-order valence-corrected chi connectivity index (χ0v) is 8.38. The van der Waals surface area contributed by atoms with E-state index in [4.69, 9.17) is 9.47 Å². The third-order valence-electron chi connectivity index (χ3n) is 2.68. The van der Waals surface area contributed by atoms with Gasteiger partial charge in [-0.15, -0.1) is 0 Å². The van der Waals surface area contributed by atoms with Crippen LogP contribution in [-0.4, -0.2) is 25.9 Å². The van der Waals surface area contributed by atoms with Crippen molar-refractivity contribution in [2.24, 2.45) is 5.92 Å². The van der Waals surface area contributed by atoms with Gasteiger partial charge in [-0.1, -0.05) is 6.92 Å². The van der Waals surface area contributed by atoms with E-state index in [-0.39, 0.29) is 0 Å². The quantitative estimate of drug-likeness (QED) is 0.650. The lowest BCUT2D eigenvalue weighted by Gasteiger charge is -2.33. The molecule has 3 atom stereocenters. The van der Waals surface area contributed by atoms with E-state index >= 15 is 0 Å². The maximum atomic E-state index is 5.61. The minimum absolute atomic E-state index is 0.327. The highest BCUT2D eigenvalue weighted by atomic mass is 16.5. The first-order chi connectivity index (χ1) is 5.77. The maximum Gasteiger partial charge on any atom is 0.0836 e. The van der Waals surface area contributed by atoms with Gasteiger partial charge in [0.2, 0.25) is 0 Å². The SMILES string of the molecule is CCO[C@@H]1CCC(C)C[C@H]1OC. The molecule has 12 heavy (non-hydrogen) atoms. The summed E-state index contributed by atoms with van der Waals surface area (Å²) in [5, 5.41) is 0. The largest absolute Gasteiger partial charge is 0.379 e. The van der Waals surface area contributed by atoms with Crippen LogP contribution in [0.15, 0.2) is 0 Å². The van der Waals surface area contributed by atoms with E-state index in [0.29, 0.717) is 12.2 Å². The molecule has 0 heterocycles. The Morgan fingerprint density at radius 2 is 2.00 bits per heavy atom. The molecule has 1 saturated carbocycles. The smallest absolute Gasteiger partial charge is 0.0836 e. The molecule has 1 aliphatic carbocycles. The van der Waals surface area contributed by atoms with E-state index < -0.39 is 0 Å². The second kappa shape index (κ2) is 4.83. The Labute approximate surface area is 75.2 Å². The zero-order valence-electron chi connectivity index (χ0n) is 8.38. The van der Waals surface area contributed by atoms with Gasteiger partial charge < -0.3 is 9.47 Å². The van der Waals surface area contributed by atoms with Crippen molar-refractivity contribution in [3.63, 3.8) is 0 Å². The molecule has 0 N–H and O–H groups in total. The van der Waals surface area contributed by atoms with Crippen LogP contribution < -0.4 is 0 Å². The Hall–Kier alpha value is -0.0800. The highest BCUT2D eigenvalue weighted by Crippen LogP contribution is 2.27. The Morgan fingerprint density at radius 3 is 2.58 bits per heavy atom. The monoisotopic (exact) mass is 172 g/mol. The second-order valence-electron chi connectivity index (χ2n) is 3.69. The molecule has 72 valence electrons. The molecular formula is C10H20O2. The lowest BCUT2D eigenvalue weighted by atomic mass is 9.86. The van der Waals surface area contributed by atoms with Gasteiger partial charge in [0.25, 0.3) is 0 Å². The molecule has 1 fully saturated rings. The van der Waals surface area contributed by atoms with Crippen LogP contribution in [0, 0.1) is 5.92 Å². The van der Waals surface area contributed by atoms with Crippen molar-refractivity contribution < 1.29 is 9.47 Å². The zero-order chi connectivity index (χ0) is 8.97. The van der Waals surface area contributed by atoms with Gasteiger partial charge in [-0.05, 0) is 32.1 Å². The third kappa shape index (κ3) is 2.46. The Morgan fingerprint density at radius 1 is 1.25 bits per heavy atom. The fraction of sp³-hybridized carbons (Fsp3) is 1.00. The molecule has 0 spiro atoms. The number of rotatable bonds is 3. The minimum atomic E-state index is 0.327. The van der Waals surface area contributed by atoms with Crippen LogP contribution in [-0.2, 0) is 9.47 Å². The molecule has 0 amide bonds. The molecule has 2 nitrogen and oxygen atoms in total. The molecule has 1 rings (SSSR count). The van der Waals surface area contributed by atoms with Crippen LogP contribution in [0.2, 0.25) is 0 Å². The topological polar surface area (TPSA) is 18.5 Å². The average molecular weight is 172 g/mol. The van der Waals surface area contributed by atoms with Gasteiger partial charge in [-0.2, -0.15) is 0 Å². The van der Waals surface area contributed by atoms with Crippen molar-refractivity contribution in [3.8, 4) is 0 Å². The van der Waals surface area contributed by atoms with Crippen LogP contribution in [0.3, 0.4) is 0 Å². The molecule has 0 aromatic carbocycles. The first kappa shape index (κ1) is 10.0. The van der Waals surface area contributed by atoms with Crippen molar-refractivity contribution >= 4 is 0 Å². The number of hydrogen-bond acceptors (Lipinski definition) is 2. The summed E-state index contributed by atoms with van der Waals surface area (Å²) < 4.78 is 11.0. The summed E-state index contributed by atoms with van der Waals surface area (Å²) in [6, 6.07) is 0. The molecule has 0 radical (unpaired) electrons. The Bertz CT molecular complexity index is 125. The van der Waals surface area contributed by atoms with Crippen LogP contribution in [0.5, 0.6) is 0 Å². The second-order valence-corrected chi connectivity index (χ2v) is 3.69. The predicted octanol–water partition coefficient (Wildman–Crippen LogP) is 2.23. The summed E-state index contributed by atoms with van der Waals surface area (Å²) in [7, 11) is 1.79. The fourth-order valence-electron chi connectivity index (χ4n) is 1.95. The van der Waals surface area contributed by atoms with Gasteiger partial charge >= 0.3 is 0 Å². The van der Waals surface area contributed by atoms with Gasteiger partial charge in [-0.3, -0.25) is 0 Å². The average Bonchev–Trinajstić information content (AvgIpc) is 2.08. The number of hydrogen-bond donors (Lipinski definition) is 0. The predicted molar refractivity (Wildman–Crippen MR) is 49.2 cm³/mol. The van der Waals surface area contributed by atoms with Crippen molar-refractivity contribution in [2.75, 3.05) is 13.7 Å². The van der Waals surface area contributed by atoms with Gasteiger partial charge in [0, 0.05) is 13.7 Å². The van der Waals surface area contributed by atoms with Crippen molar-refractivity contribution in [1.82, 2.24) is 0 Å². The maximum absolute atomic E-state index is 5.61. The van der Waals surface area contributed by atoms with Gasteiger partial charge in [0.05, 0.1) is 12.2 Å². The molecule has 1 aliphatic rings. The van der Waals surface area contributed by atoms with E-state index in [1.54, 1.807) is 7.11 Å². The molecule has 2 heteroatoms. The molecule has 0 aromatic heterocycles. The van der Waals surface area contributed by atoms with Crippen LogP contribution in [0.25, 0.3) is 0 Å². The van der Waals surface area contributed by atoms with Gasteiger partial charge in [-0.25, -0.2) is 0 Å². The summed E-state index contributed by atoms with van der Waals surface area (Å²) in [5.74, 6) is 0.798. The van der Waals surface area contributed by atoms with E-state index in [9.17, 15) is 0 Å². The van der Waals surface area contributed by atoms with Crippen LogP contribution in [0.1, 0.15) is 33.1 Å². The van der Waals surface area contributed by atoms with E-state index in [1.165, 1.54) is 6.42 Å². The van der Waals surface area contributed by atoms with Crippen molar-refractivity contribution in [2.45, 2.75) is 45.3 Å². The van der Waals surface area contributed by atoms with E-state index in [2.05, 4.69) is 6.92 Å². The third-order valence-corrected chi connectivity index (χ3v) is 2.68. The summed E-state index contributed by atoms with van der Waals surface area (Å²) in [6.45, 7) is 5.14. The summed E-state index contributed by atoms with van der Waals surface area (Å²) >= 11 is 0. The minimum Gasteiger partial charge on any atom is -0.379 e. The molecule has 1 unspecified atom stereocenters. The van der Waals surface area contributed by atoms with Crippen molar-refractivity contribution in [1.29, 1.82) is 0 Å². The first-order valence-corrected chi connectivity index (χ1v) is 4.92. The molecule has 0 aromatic rings. The lowest BCUT2D eigenvalue weighted by molar-refractivity contribution is -0.0824. The van der Waals surface area contributed by atoms with Crippen LogP contribution in [0.4, 0.5) is 0 Å². The van der Waals surface area contributed by atoms with E-state index in [1.807, 2.05) is 6.92 Å². The highest BCUT2D eigenvalue weighted by Gasteiger charge is 2.28. The molecule has 0 saturated heterocycles. The molecule has 0 aliphatic heterocycles. The summed E-state index contributed by atoms with van der Waals surface area (Å²) in [4.78, 5) is 0. The summed E-state index contributed by atoms with van der Waals surface area (Å²) in [5.41, 5.74) is 0. The number of methoxy groups -OCH3 is 1.